The SMILES string of the molecule is CC(C)(C)OC(=O)N1CCC[C@H](CCCOCC(=O)c2nccs2)C1. The Morgan fingerprint density at radius 1 is 1.40 bits per heavy atom. The standard InChI is InChI=1S/C18H28N2O4S/c1-18(2,3)24-17(22)20-9-4-6-14(12-20)7-5-10-23-13-15(21)16-19-8-11-25-16/h8,11,14H,4-7,9-10,12-13H2,1-3H3/t14-/m1/s1. The summed E-state index contributed by atoms with van der Waals surface area (Å²) in [5.41, 5.74) is -0.457. The summed E-state index contributed by atoms with van der Waals surface area (Å²) in [5, 5.41) is 2.28. The molecule has 0 radical (unpaired) electrons. The van der Waals surface area contributed by atoms with Crippen LogP contribution in [-0.4, -0.2) is 53.7 Å². The molecule has 140 valence electrons. The van der Waals surface area contributed by atoms with Crippen molar-refractivity contribution in [3.63, 3.8) is 0 Å². The van der Waals surface area contributed by atoms with Crippen LogP contribution in [0.15, 0.2) is 11.6 Å². The molecule has 6 nitrogen and oxygen atoms in total. The second kappa shape index (κ2) is 9.29. The van der Waals surface area contributed by atoms with Crippen LogP contribution in [0.4, 0.5) is 4.79 Å². The molecule has 0 saturated carbocycles. The van der Waals surface area contributed by atoms with Crippen molar-refractivity contribution in [2.75, 3.05) is 26.3 Å². The third-order valence-corrected chi connectivity index (χ3v) is 4.79. The number of thiazole rings is 1. The third kappa shape index (κ3) is 7.12. The molecule has 0 aromatic carbocycles. The zero-order chi connectivity index (χ0) is 18.3. The van der Waals surface area contributed by atoms with Gasteiger partial charge in [0.15, 0.2) is 5.01 Å². The fraction of sp³-hybridized carbons (Fsp3) is 0.722. The van der Waals surface area contributed by atoms with Crippen molar-refractivity contribution < 1.29 is 19.1 Å². The molecule has 0 aliphatic carbocycles. The van der Waals surface area contributed by atoms with E-state index >= 15 is 0 Å². The van der Waals surface area contributed by atoms with Gasteiger partial charge >= 0.3 is 6.09 Å². The van der Waals surface area contributed by atoms with Gasteiger partial charge in [0.05, 0.1) is 0 Å². The summed E-state index contributed by atoms with van der Waals surface area (Å²) >= 11 is 1.33. The summed E-state index contributed by atoms with van der Waals surface area (Å²) in [7, 11) is 0. The number of likely N-dealkylation sites (tertiary alicyclic amines) is 1. The Morgan fingerprint density at radius 3 is 2.88 bits per heavy atom. The number of aromatic nitrogens is 1. The van der Waals surface area contributed by atoms with Crippen molar-refractivity contribution >= 4 is 23.2 Å². The predicted octanol–water partition coefficient (Wildman–Crippen LogP) is 3.77. The third-order valence-electron chi connectivity index (χ3n) is 3.98. The first-order chi connectivity index (χ1) is 11.8. The second-order valence-electron chi connectivity index (χ2n) is 7.39. The molecule has 0 bridgehead atoms. The molecular weight excluding hydrogens is 340 g/mol. The summed E-state index contributed by atoms with van der Waals surface area (Å²) in [6.45, 7) is 7.81. The van der Waals surface area contributed by atoms with E-state index in [1.54, 1.807) is 11.6 Å². The lowest BCUT2D eigenvalue weighted by atomic mass is 9.94. The maximum Gasteiger partial charge on any atom is 0.410 e. The largest absolute Gasteiger partial charge is 0.444 e. The first-order valence-electron chi connectivity index (χ1n) is 8.83. The quantitative estimate of drug-likeness (QED) is 0.541. The zero-order valence-corrected chi connectivity index (χ0v) is 16.1. The number of carbonyl (C=O) groups is 2. The number of hydrogen-bond acceptors (Lipinski definition) is 6. The zero-order valence-electron chi connectivity index (χ0n) is 15.3. The topological polar surface area (TPSA) is 68.7 Å². The lowest BCUT2D eigenvalue weighted by Crippen LogP contribution is -2.42. The fourth-order valence-corrected chi connectivity index (χ4v) is 3.42. The maximum atomic E-state index is 12.2. The molecule has 0 N–H and O–H groups in total. The average Bonchev–Trinajstić information content (AvgIpc) is 3.07. The number of nitrogens with zero attached hydrogens (tertiary/aromatic N) is 2. The van der Waals surface area contributed by atoms with Crippen molar-refractivity contribution in [3.8, 4) is 0 Å². The van der Waals surface area contributed by atoms with Gasteiger partial charge in [-0.05, 0) is 52.4 Å². The van der Waals surface area contributed by atoms with Gasteiger partial charge < -0.3 is 14.4 Å². The Bertz CT molecular complexity index is 554. The van der Waals surface area contributed by atoms with Crippen LogP contribution in [0.5, 0.6) is 0 Å². The van der Waals surface area contributed by atoms with Gasteiger partial charge in [0.1, 0.15) is 12.2 Å². The normalized spacial score (nSPS) is 18.2. The predicted molar refractivity (Wildman–Crippen MR) is 97.0 cm³/mol. The van der Waals surface area contributed by atoms with Gasteiger partial charge in [-0.25, -0.2) is 9.78 Å². The van der Waals surface area contributed by atoms with Gasteiger partial charge in [-0.2, -0.15) is 0 Å². The van der Waals surface area contributed by atoms with Crippen LogP contribution in [0.1, 0.15) is 56.3 Å². The van der Waals surface area contributed by atoms with Crippen LogP contribution in [0.25, 0.3) is 0 Å². The Morgan fingerprint density at radius 2 is 2.20 bits per heavy atom. The highest BCUT2D eigenvalue weighted by atomic mass is 32.1. The smallest absolute Gasteiger partial charge is 0.410 e. The van der Waals surface area contributed by atoms with Crippen molar-refractivity contribution in [1.29, 1.82) is 0 Å². The van der Waals surface area contributed by atoms with Gasteiger partial charge in [0, 0.05) is 31.3 Å². The molecule has 1 fully saturated rings. The minimum Gasteiger partial charge on any atom is -0.444 e. The van der Waals surface area contributed by atoms with E-state index in [0.717, 1.165) is 38.8 Å². The van der Waals surface area contributed by atoms with E-state index < -0.39 is 5.60 Å². The highest BCUT2D eigenvalue weighted by molar-refractivity contribution is 7.11. The van der Waals surface area contributed by atoms with Crippen molar-refractivity contribution in [1.82, 2.24) is 9.88 Å². The van der Waals surface area contributed by atoms with Crippen molar-refractivity contribution in [2.45, 2.75) is 52.1 Å². The molecule has 7 heteroatoms. The van der Waals surface area contributed by atoms with E-state index in [1.165, 1.54) is 11.3 Å². The lowest BCUT2D eigenvalue weighted by molar-refractivity contribution is 0.0155. The minimum atomic E-state index is -0.457. The molecule has 2 rings (SSSR count). The molecule has 0 spiro atoms. The first kappa shape index (κ1) is 19.8. The second-order valence-corrected chi connectivity index (χ2v) is 8.28. The molecule has 1 amide bonds. The van der Waals surface area contributed by atoms with Crippen LogP contribution in [0, 0.1) is 5.92 Å². The van der Waals surface area contributed by atoms with E-state index in [0.29, 0.717) is 17.5 Å². The number of ether oxygens (including phenoxy) is 2. The number of hydrogen-bond donors (Lipinski definition) is 0. The molecule has 1 aromatic heterocycles. The monoisotopic (exact) mass is 368 g/mol. The van der Waals surface area contributed by atoms with Gasteiger partial charge in [0.25, 0.3) is 0 Å². The van der Waals surface area contributed by atoms with Gasteiger partial charge in [0.2, 0.25) is 5.78 Å². The van der Waals surface area contributed by atoms with Crippen molar-refractivity contribution in [3.05, 3.63) is 16.6 Å². The summed E-state index contributed by atoms with van der Waals surface area (Å²) < 4.78 is 10.9. The van der Waals surface area contributed by atoms with E-state index in [2.05, 4.69) is 4.98 Å². The van der Waals surface area contributed by atoms with Crippen LogP contribution in [-0.2, 0) is 9.47 Å². The Hall–Kier alpha value is -1.47. The molecule has 25 heavy (non-hydrogen) atoms. The van der Waals surface area contributed by atoms with Gasteiger partial charge in [-0.3, -0.25) is 4.79 Å². The van der Waals surface area contributed by atoms with E-state index in [4.69, 9.17) is 9.47 Å². The Labute approximate surface area is 153 Å². The molecule has 2 heterocycles. The highest BCUT2D eigenvalue weighted by Crippen LogP contribution is 2.22. The molecule has 0 unspecified atom stereocenters. The van der Waals surface area contributed by atoms with Crippen molar-refractivity contribution in [2.24, 2.45) is 5.92 Å². The number of carbonyl (C=O) groups excluding carboxylic acids is 2. The van der Waals surface area contributed by atoms with Crippen LogP contribution in [0.2, 0.25) is 0 Å². The molecule has 1 aliphatic rings. The number of piperidine rings is 1. The number of Topliss-reactive ketones (excluding diaryl/α,β-unsaturated/α-hetero) is 1. The van der Waals surface area contributed by atoms with E-state index in [9.17, 15) is 9.59 Å². The molecular formula is C18H28N2O4S. The maximum absolute atomic E-state index is 12.2. The summed E-state index contributed by atoms with van der Waals surface area (Å²) in [6, 6.07) is 0. The first-order valence-corrected chi connectivity index (χ1v) is 9.71. The summed E-state index contributed by atoms with van der Waals surface area (Å²) in [5.74, 6) is 0.406. The van der Waals surface area contributed by atoms with E-state index in [1.807, 2.05) is 25.7 Å². The van der Waals surface area contributed by atoms with Gasteiger partial charge in [-0.15, -0.1) is 11.3 Å². The Balaban J connectivity index is 1.62. The fourth-order valence-electron chi connectivity index (χ4n) is 2.85. The molecule has 1 aromatic rings. The summed E-state index contributed by atoms with van der Waals surface area (Å²) in [4.78, 5) is 29.7. The van der Waals surface area contributed by atoms with Gasteiger partial charge in [-0.1, -0.05) is 0 Å². The molecule has 1 aliphatic heterocycles. The molecule has 1 saturated heterocycles. The van der Waals surface area contributed by atoms with Crippen LogP contribution < -0.4 is 0 Å². The number of rotatable bonds is 7. The molecule has 1 atom stereocenters. The average molecular weight is 368 g/mol. The lowest BCUT2D eigenvalue weighted by Gasteiger charge is -2.34. The van der Waals surface area contributed by atoms with Crippen LogP contribution >= 0.6 is 11.3 Å². The minimum absolute atomic E-state index is 0.0660. The summed E-state index contributed by atoms with van der Waals surface area (Å²) in [6.07, 6.45) is 5.41. The number of amides is 1. The Kier molecular flexibility index (Phi) is 7.38. The number of ketones is 1. The van der Waals surface area contributed by atoms with Crippen LogP contribution in [0.3, 0.4) is 0 Å². The highest BCUT2D eigenvalue weighted by Gasteiger charge is 2.27. The van der Waals surface area contributed by atoms with E-state index in [-0.39, 0.29) is 18.5 Å².